The lowest BCUT2D eigenvalue weighted by Crippen LogP contribution is -2.45. The van der Waals surface area contributed by atoms with E-state index in [9.17, 15) is 9.00 Å². The molecule has 5 N–H and O–H groups in total. The number of amides is 1. The predicted molar refractivity (Wildman–Crippen MR) is 53.6 cm³/mol. The van der Waals surface area contributed by atoms with E-state index in [0.29, 0.717) is 13.1 Å². The average Bonchev–Trinajstić information content (AvgIpc) is 2.03. The maximum Gasteiger partial charge on any atom is 0.235 e. The van der Waals surface area contributed by atoms with Crippen molar-refractivity contribution in [1.82, 2.24) is 5.32 Å². The fraction of sp³-hybridized carbons (Fsp3) is 0.857. The molecule has 13 heavy (non-hydrogen) atoms. The van der Waals surface area contributed by atoms with Crippen molar-refractivity contribution in [1.29, 1.82) is 0 Å². The molecule has 0 aliphatic rings. The van der Waals surface area contributed by atoms with Gasteiger partial charge in [0.2, 0.25) is 5.91 Å². The van der Waals surface area contributed by atoms with Crippen LogP contribution in [0.4, 0.5) is 0 Å². The van der Waals surface area contributed by atoms with Gasteiger partial charge in [-0.1, -0.05) is 0 Å². The van der Waals surface area contributed by atoms with Crippen LogP contribution >= 0.6 is 0 Å². The molecule has 0 bridgehead atoms. The molecule has 0 spiro atoms. The molecule has 1 amide bonds. The monoisotopic (exact) mass is 207 g/mol. The zero-order valence-electron chi connectivity index (χ0n) is 7.95. The maximum absolute atomic E-state index is 10.9. The second kappa shape index (κ2) is 6.06. The summed E-state index contributed by atoms with van der Waals surface area (Å²) in [7, 11) is -0.855. The Balaban J connectivity index is 3.56. The van der Waals surface area contributed by atoms with Gasteiger partial charge in [0, 0.05) is 35.4 Å². The third-order valence-corrected chi connectivity index (χ3v) is 3.03. The summed E-state index contributed by atoms with van der Waals surface area (Å²) in [6.07, 6.45) is 1.64. The van der Waals surface area contributed by atoms with Crippen molar-refractivity contribution < 1.29 is 9.00 Å². The normalized spacial score (nSPS) is 17.8. The molecule has 0 aromatic heterocycles. The molecule has 78 valence electrons. The van der Waals surface area contributed by atoms with Gasteiger partial charge in [0.1, 0.15) is 0 Å². The SMILES string of the molecule is CC(CNCC(N)C(N)=O)S(C)=O. The standard InChI is InChI=1S/C7H17N3O2S/c1-5(13(2)12)3-10-4-6(8)7(9)11/h5-6,10H,3-4,8H2,1-2H3,(H2,9,11). The van der Waals surface area contributed by atoms with Crippen LogP contribution in [0.1, 0.15) is 6.92 Å². The van der Waals surface area contributed by atoms with Crippen molar-refractivity contribution in [3.63, 3.8) is 0 Å². The van der Waals surface area contributed by atoms with Crippen molar-refractivity contribution in [3.05, 3.63) is 0 Å². The zero-order chi connectivity index (χ0) is 10.4. The summed E-state index contributed by atoms with van der Waals surface area (Å²) in [6, 6.07) is -0.669. The smallest absolute Gasteiger partial charge is 0.235 e. The summed E-state index contributed by atoms with van der Waals surface area (Å²) in [6.45, 7) is 2.76. The number of carbonyl (C=O) groups is 1. The molecule has 0 aliphatic heterocycles. The number of hydrogen-bond acceptors (Lipinski definition) is 4. The number of hydrogen-bond donors (Lipinski definition) is 3. The van der Waals surface area contributed by atoms with Crippen molar-refractivity contribution in [2.45, 2.75) is 18.2 Å². The van der Waals surface area contributed by atoms with Crippen LogP contribution in [0.3, 0.4) is 0 Å². The van der Waals surface area contributed by atoms with Crippen molar-refractivity contribution in [2.24, 2.45) is 11.5 Å². The van der Waals surface area contributed by atoms with E-state index in [-0.39, 0.29) is 5.25 Å². The highest BCUT2D eigenvalue weighted by Crippen LogP contribution is 1.89. The van der Waals surface area contributed by atoms with Gasteiger partial charge in [0.15, 0.2) is 0 Å². The van der Waals surface area contributed by atoms with Gasteiger partial charge in [-0.2, -0.15) is 0 Å². The molecule has 6 heteroatoms. The number of carbonyl (C=O) groups excluding carboxylic acids is 1. The highest BCUT2D eigenvalue weighted by molar-refractivity contribution is 7.84. The second-order valence-corrected chi connectivity index (χ2v) is 4.78. The first kappa shape index (κ1) is 12.5. The third-order valence-electron chi connectivity index (χ3n) is 1.73. The topological polar surface area (TPSA) is 98.2 Å². The number of primary amides is 1. The molecule has 0 heterocycles. The Morgan fingerprint density at radius 1 is 1.54 bits per heavy atom. The first-order valence-corrected chi connectivity index (χ1v) is 5.65. The molecule has 5 nitrogen and oxygen atoms in total. The molecule has 0 saturated heterocycles. The van der Waals surface area contributed by atoms with E-state index in [1.54, 1.807) is 6.26 Å². The van der Waals surface area contributed by atoms with Gasteiger partial charge in [-0.05, 0) is 6.92 Å². The van der Waals surface area contributed by atoms with Gasteiger partial charge < -0.3 is 16.8 Å². The summed E-state index contributed by atoms with van der Waals surface area (Å²) in [4.78, 5) is 10.5. The lowest BCUT2D eigenvalue weighted by atomic mass is 10.3. The Bertz CT molecular complexity index is 178. The highest BCUT2D eigenvalue weighted by Gasteiger charge is 2.10. The fourth-order valence-corrected chi connectivity index (χ4v) is 1.01. The lowest BCUT2D eigenvalue weighted by Gasteiger charge is -2.12. The minimum Gasteiger partial charge on any atom is -0.368 e. The van der Waals surface area contributed by atoms with Gasteiger partial charge in [0.25, 0.3) is 0 Å². The molecule has 0 radical (unpaired) electrons. The van der Waals surface area contributed by atoms with E-state index in [4.69, 9.17) is 11.5 Å². The molecule has 0 aliphatic carbocycles. The van der Waals surface area contributed by atoms with Crippen LogP contribution in [0.2, 0.25) is 0 Å². The van der Waals surface area contributed by atoms with Crippen LogP contribution < -0.4 is 16.8 Å². The first-order valence-electron chi connectivity index (χ1n) is 4.03. The van der Waals surface area contributed by atoms with Crippen LogP contribution in [-0.4, -0.2) is 40.8 Å². The molecule has 3 unspecified atom stereocenters. The molecule has 0 rings (SSSR count). The maximum atomic E-state index is 10.9. The quantitative estimate of drug-likeness (QED) is 0.476. The Labute approximate surface area is 80.7 Å². The molecular formula is C7H17N3O2S. The van der Waals surface area contributed by atoms with Gasteiger partial charge in [-0.3, -0.25) is 9.00 Å². The summed E-state index contributed by atoms with van der Waals surface area (Å²) >= 11 is 0. The molecule has 0 aromatic rings. The van der Waals surface area contributed by atoms with E-state index in [2.05, 4.69) is 5.32 Å². The largest absolute Gasteiger partial charge is 0.368 e. The fourth-order valence-electron chi connectivity index (χ4n) is 0.660. The summed E-state index contributed by atoms with van der Waals surface area (Å²) in [5.74, 6) is -0.530. The summed E-state index contributed by atoms with van der Waals surface area (Å²) in [5.41, 5.74) is 10.3. The Morgan fingerprint density at radius 2 is 2.08 bits per heavy atom. The van der Waals surface area contributed by atoms with Crippen LogP contribution in [0.15, 0.2) is 0 Å². The van der Waals surface area contributed by atoms with Crippen LogP contribution in [0, 0.1) is 0 Å². The van der Waals surface area contributed by atoms with E-state index in [1.165, 1.54) is 0 Å². The Morgan fingerprint density at radius 3 is 2.46 bits per heavy atom. The Hall–Kier alpha value is -0.460. The minimum atomic E-state index is -0.855. The van der Waals surface area contributed by atoms with Gasteiger partial charge in [0.05, 0.1) is 6.04 Å². The highest BCUT2D eigenvalue weighted by atomic mass is 32.2. The number of nitrogens with one attached hydrogen (secondary N) is 1. The van der Waals surface area contributed by atoms with E-state index in [1.807, 2.05) is 6.92 Å². The van der Waals surface area contributed by atoms with Gasteiger partial charge in [-0.15, -0.1) is 0 Å². The van der Waals surface area contributed by atoms with E-state index < -0.39 is 22.7 Å². The number of rotatable bonds is 6. The average molecular weight is 207 g/mol. The zero-order valence-corrected chi connectivity index (χ0v) is 8.76. The second-order valence-electron chi connectivity index (χ2n) is 2.98. The van der Waals surface area contributed by atoms with E-state index in [0.717, 1.165) is 0 Å². The lowest BCUT2D eigenvalue weighted by molar-refractivity contribution is -0.119. The number of nitrogens with two attached hydrogens (primary N) is 2. The third kappa shape index (κ3) is 5.73. The molecule has 3 atom stereocenters. The Kier molecular flexibility index (Phi) is 5.85. The minimum absolute atomic E-state index is 0.0556. The van der Waals surface area contributed by atoms with Crippen molar-refractivity contribution >= 4 is 16.7 Å². The summed E-state index contributed by atoms with van der Waals surface area (Å²) in [5, 5.41) is 2.98. The molecule has 0 aromatic carbocycles. The summed E-state index contributed by atoms with van der Waals surface area (Å²) < 4.78 is 10.9. The molecule has 0 saturated carbocycles. The molecule has 0 fully saturated rings. The predicted octanol–water partition coefficient (Wildman–Crippen LogP) is -1.84. The van der Waals surface area contributed by atoms with Crippen molar-refractivity contribution in [2.75, 3.05) is 19.3 Å². The molecular weight excluding hydrogens is 190 g/mol. The van der Waals surface area contributed by atoms with Gasteiger partial charge in [-0.25, -0.2) is 0 Å². The van der Waals surface area contributed by atoms with Gasteiger partial charge >= 0.3 is 0 Å². The van der Waals surface area contributed by atoms with E-state index >= 15 is 0 Å². The van der Waals surface area contributed by atoms with Crippen LogP contribution in [0.25, 0.3) is 0 Å². The first-order chi connectivity index (χ1) is 5.95. The van der Waals surface area contributed by atoms with Crippen molar-refractivity contribution in [3.8, 4) is 0 Å². The van der Waals surface area contributed by atoms with Crippen LogP contribution in [-0.2, 0) is 15.6 Å². The van der Waals surface area contributed by atoms with Crippen LogP contribution in [0.5, 0.6) is 0 Å².